The lowest BCUT2D eigenvalue weighted by molar-refractivity contribution is -0.152. The summed E-state index contributed by atoms with van der Waals surface area (Å²) in [6.07, 6.45) is -9.65. The standard InChI is InChI=1S/C34H45FN8O14P2S3/c1-15-40-21-22(31(46)41-15)42-62-28(21)27-26-25(49-8)17(52-27)10-51-58(47,60-11-18(44)54-33(2,3)4)56-24-16(9-50-59(48,57-26)61-12-19(45)55-34(5,6)7)53-32(20(24)35)43-14-39-23-29(36)37-13-38-30(23)43/h13-14,16-17,20,24-27,32H,9-12H2,1-8H3,(H2,36,37,38)(H,40,41,46)/t16-,17-,20-,24-,25-,26-,27-,32-,58?,59?/m1/s1. The summed E-state index contributed by atoms with van der Waals surface area (Å²) < 4.78 is 106. The van der Waals surface area contributed by atoms with E-state index in [1.807, 2.05) is 0 Å². The van der Waals surface area contributed by atoms with Gasteiger partial charge in [-0.1, -0.05) is 0 Å². The molecule has 340 valence electrons. The molecule has 0 saturated carbocycles. The molecule has 3 saturated heterocycles. The molecule has 3 fully saturated rings. The minimum Gasteiger partial charge on any atom is -0.459 e. The van der Waals surface area contributed by atoms with Crippen LogP contribution < -0.4 is 11.3 Å². The van der Waals surface area contributed by atoms with Crippen LogP contribution in [0.2, 0.25) is 0 Å². The van der Waals surface area contributed by atoms with Crippen molar-refractivity contribution in [1.82, 2.24) is 33.9 Å². The number of nitrogens with zero attached hydrogens (tertiary/aromatic N) is 6. The lowest BCUT2D eigenvalue weighted by atomic mass is 10.1. The van der Waals surface area contributed by atoms with Gasteiger partial charge < -0.3 is 34.4 Å². The molecule has 10 atom stereocenters. The summed E-state index contributed by atoms with van der Waals surface area (Å²) in [5.41, 5.74) is 4.06. The Labute approximate surface area is 365 Å². The first-order valence-electron chi connectivity index (χ1n) is 18.9. The minimum atomic E-state index is -4.65. The fourth-order valence-electron chi connectivity index (χ4n) is 6.70. The predicted octanol–water partition coefficient (Wildman–Crippen LogP) is 4.98. The molecule has 3 aliphatic heterocycles. The molecule has 3 aliphatic rings. The molecular weight excluding hydrogens is 922 g/mol. The van der Waals surface area contributed by atoms with E-state index in [2.05, 4.69) is 29.3 Å². The second kappa shape index (κ2) is 18.0. The van der Waals surface area contributed by atoms with E-state index in [1.54, 1.807) is 48.5 Å². The number of anilines is 1. The number of fused-ring (bicyclic) bond motifs is 5. The summed E-state index contributed by atoms with van der Waals surface area (Å²) in [5, 5.41) is 0. The quantitative estimate of drug-likeness (QED) is 0.165. The Hall–Kier alpha value is -3.13. The number of alkyl halides is 1. The molecule has 0 radical (unpaired) electrons. The van der Waals surface area contributed by atoms with E-state index in [4.69, 9.17) is 47.5 Å². The highest BCUT2D eigenvalue weighted by molar-refractivity contribution is 8.55. The third kappa shape index (κ3) is 10.4. The van der Waals surface area contributed by atoms with Gasteiger partial charge >= 0.3 is 25.5 Å². The zero-order valence-corrected chi connectivity index (χ0v) is 38.8. The number of H-pyrrole nitrogens is 1. The molecule has 7 heterocycles. The lowest BCUT2D eigenvalue weighted by Gasteiger charge is -2.28. The third-order valence-corrected chi connectivity index (χ3v) is 17.1. The fraction of sp³-hybridized carbons (Fsp3) is 0.647. The Morgan fingerprint density at radius 2 is 1.55 bits per heavy atom. The van der Waals surface area contributed by atoms with Crippen LogP contribution in [0.15, 0.2) is 17.4 Å². The van der Waals surface area contributed by atoms with Gasteiger partial charge in [0.1, 0.15) is 82.5 Å². The molecular formula is C34H45FN8O14P2S3. The number of hydrogen-bond donors (Lipinski definition) is 2. The number of methoxy groups -OCH3 is 1. The summed E-state index contributed by atoms with van der Waals surface area (Å²) in [4.78, 5) is 58.5. The number of esters is 2. The van der Waals surface area contributed by atoms with Gasteiger partial charge in [-0.25, -0.2) is 33.5 Å². The number of aryl methyl sites for hydroxylation is 1. The van der Waals surface area contributed by atoms with E-state index in [0.29, 0.717) is 22.8 Å². The number of ether oxygens (including phenoxy) is 5. The maximum absolute atomic E-state index is 17.0. The molecule has 0 aliphatic carbocycles. The highest BCUT2D eigenvalue weighted by Crippen LogP contribution is 2.66. The number of halogens is 1. The Balaban J connectivity index is 1.30. The minimum absolute atomic E-state index is 0.00391. The maximum atomic E-state index is 17.0. The largest absolute Gasteiger partial charge is 0.459 e. The Morgan fingerprint density at radius 1 is 0.935 bits per heavy atom. The van der Waals surface area contributed by atoms with Crippen molar-refractivity contribution in [3.8, 4) is 0 Å². The first kappa shape index (κ1) is 46.9. The SMILES string of the molecule is CO[C@H]1[C@H]2OP(=O)(SCC(=O)OC(C)(C)C)OC[C@H]3O[C@@H](n4cnc5c(N)ncnc54)[C@H](F)[C@@H]3OP(=O)(SCC(=O)OC(C)(C)C)OC[C@H]1O[C@H]2c1snc2c(=O)[nH]c(C)nc12. The Bertz CT molecular complexity index is 2480. The number of hydrogen-bond acceptors (Lipinski definition) is 23. The van der Waals surface area contributed by atoms with Crippen LogP contribution >= 0.6 is 47.9 Å². The van der Waals surface area contributed by atoms with Gasteiger partial charge in [0, 0.05) is 7.11 Å². The molecule has 2 bridgehead atoms. The first-order valence-corrected chi connectivity index (χ1v) is 26.0. The summed E-state index contributed by atoms with van der Waals surface area (Å²) in [5.74, 6) is -2.34. The number of carbonyl (C=O) groups excluding carboxylic acids is 2. The number of nitrogen functional groups attached to an aromatic ring is 1. The number of carbonyl (C=O) groups is 2. The van der Waals surface area contributed by atoms with Crippen LogP contribution in [0, 0.1) is 6.92 Å². The third-order valence-electron chi connectivity index (χ3n) is 9.07. The van der Waals surface area contributed by atoms with E-state index in [9.17, 15) is 18.9 Å². The van der Waals surface area contributed by atoms with Gasteiger partial charge in [0.15, 0.2) is 29.4 Å². The van der Waals surface area contributed by atoms with Crippen molar-refractivity contribution in [3.63, 3.8) is 0 Å². The average Bonchev–Trinajstić information content (AvgIpc) is 3.94. The van der Waals surface area contributed by atoms with Crippen LogP contribution in [-0.4, -0.2) is 126 Å². The zero-order valence-electron chi connectivity index (χ0n) is 34.6. The van der Waals surface area contributed by atoms with Gasteiger partial charge in [-0.05, 0) is 82.8 Å². The summed E-state index contributed by atoms with van der Waals surface area (Å²) >= 11 is 1.78. The van der Waals surface area contributed by atoms with E-state index >= 15 is 8.96 Å². The highest BCUT2D eigenvalue weighted by atomic mass is 32.7. The van der Waals surface area contributed by atoms with Crippen molar-refractivity contribution in [3.05, 3.63) is 33.7 Å². The van der Waals surface area contributed by atoms with E-state index in [1.165, 1.54) is 18.0 Å². The van der Waals surface area contributed by atoms with Crippen molar-refractivity contribution < 1.29 is 64.9 Å². The number of aromatic nitrogens is 7. The molecule has 62 heavy (non-hydrogen) atoms. The molecule has 28 heteroatoms. The number of rotatable bonds is 9. The smallest absolute Gasteiger partial charge is 0.390 e. The van der Waals surface area contributed by atoms with E-state index in [-0.39, 0.29) is 38.7 Å². The number of nitrogens with two attached hydrogens (primary N) is 1. The molecule has 22 nitrogen and oxygen atoms in total. The van der Waals surface area contributed by atoms with Crippen molar-refractivity contribution in [2.75, 3.05) is 37.6 Å². The second-order valence-corrected chi connectivity index (χ2v) is 25.0. The summed E-state index contributed by atoms with van der Waals surface area (Å²) in [6.45, 7) is 0.879. The monoisotopic (exact) mass is 966 g/mol. The maximum Gasteiger partial charge on any atom is 0.390 e. The fourth-order valence-corrected chi connectivity index (χ4v) is 13.7. The van der Waals surface area contributed by atoms with Crippen molar-refractivity contribution >= 4 is 87.8 Å². The van der Waals surface area contributed by atoms with Crippen LogP contribution in [0.1, 0.15) is 64.6 Å². The van der Waals surface area contributed by atoms with E-state index < -0.39 is 116 Å². The molecule has 0 spiro atoms. The van der Waals surface area contributed by atoms with Gasteiger partial charge in [0.05, 0.1) is 24.4 Å². The number of imidazole rings is 1. The molecule has 2 unspecified atom stereocenters. The Morgan fingerprint density at radius 3 is 2.16 bits per heavy atom. The number of nitrogens with one attached hydrogen (secondary N) is 1. The van der Waals surface area contributed by atoms with Crippen LogP contribution in [-0.2, 0) is 60.5 Å². The molecule has 0 amide bonds. The van der Waals surface area contributed by atoms with E-state index in [0.717, 1.165) is 17.9 Å². The van der Waals surface area contributed by atoms with Gasteiger partial charge in [0.2, 0.25) is 0 Å². The van der Waals surface area contributed by atoms with Crippen molar-refractivity contribution in [2.24, 2.45) is 0 Å². The van der Waals surface area contributed by atoms with Gasteiger partial charge in [-0.15, -0.1) is 0 Å². The second-order valence-electron chi connectivity index (χ2n) is 16.1. The topological polar surface area (TPSA) is 280 Å². The van der Waals surface area contributed by atoms with Crippen molar-refractivity contribution in [2.45, 2.75) is 109 Å². The Kier molecular flexibility index (Phi) is 13.6. The summed E-state index contributed by atoms with van der Waals surface area (Å²) in [6, 6.07) is 0. The lowest BCUT2D eigenvalue weighted by Crippen LogP contribution is -2.36. The molecule has 0 aromatic carbocycles. The molecule has 3 N–H and O–H groups in total. The van der Waals surface area contributed by atoms with Crippen LogP contribution in [0.5, 0.6) is 0 Å². The zero-order chi connectivity index (χ0) is 44.9. The average molecular weight is 967 g/mol. The highest BCUT2D eigenvalue weighted by Gasteiger charge is 2.56. The van der Waals surface area contributed by atoms with Crippen LogP contribution in [0.4, 0.5) is 10.2 Å². The molecule has 4 aromatic heterocycles. The molecule has 7 rings (SSSR count). The van der Waals surface area contributed by atoms with Crippen LogP contribution in [0.3, 0.4) is 0 Å². The normalized spacial score (nSPS) is 31.0. The summed E-state index contributed by atoms with van der Waals surface area (Å²) in [7, 11) is 1.31. The van der Waals surface area contributed by atoms with Gasteiger partial charge in [-0.2, -0.15) is 4.37 Å². The molecule has 4 aromatic rings. The number of aromatic amines is 1. The first-order chi connectivity index (χ1) is 29.1. The van der Waals surface area contributed by atoms with Gasteiger partial charge in [0.25, 0.3) is 5.56 Å². The van der Waals surface area contributed by atoms with Gasteiger partial charge in [-0.3, -0.25) is 37.0 Å². The predicted molar refractivity (Wildman–Crippen MR) is 223 cm³/mol. The van der Waals surface area contributed by atoms with Crippen molar-refractivity contribution in [1.29, 1.82) is 0 Å². The van der Waals surface area contributed by atoms with Crippen LogP contribution in [0.25, 0.3) is 22.2 Å².